The highest BCUT2D eigenvalue weighted by Crippen LogP contribution is 2.30. The van der Waals surface area contributed by atoms with Gasteiger partial charge in [-0.05, 0) is 53.1 Å². The van der Waals surface area contributed by atoms with E-state index in [1.165, 1.54) is 24.3 Å². The van der Waals surface area contributed by atoms with Crippen LogP contribution in [0.3, 0.4) is 0 Å². The summed E-state index contributed by atoms with van der Waals surface area (Å²) in [5.41, 5.74) is 1.64. The molecule has 1 N–H and O–H groups in total. The lowest BCUT2D eigenvalue weighted by Crippen LogP contribution is -2.54. The van der Waals surface area contributed by atoms with E-state index in [0.29, 0.717) is 21.2 Å². The molecule has 0 saturated carbocycles. The van der Waals surface area contributed by atoms with Crippen LogP contribution in [0.4, 0.5) is 14.9 Å². The van der Waals surface area contributed by atoms with Gasteiger partial charge in [0.15, 0.2) is 0 Å². The first-order valence-electron chi connectivity index (χ1n) is 9.53. The van der Waals surface area contributed by atoms with Gasteiger partial charge in [-0.15, -0.1) is 0 Å². The number of barbiturate groups is 1. The molecule has 3 aromatic rings. The molecule has 3 aromatic carbocycles. The van der Waals surface area contributed by atoms with E-state index >= 15 is 0 Å². The maximum Gasteiger partial charge on any atom is 0.335 e. The molecule has 0 aromatic heterocycles. The third-order valence-electron chi connectivity index (χ3n) is 4.94. The second-order valence-corrected chi connectivity index (χ2v) is 8.34. The predicted molar refractivity (Wildman–Crippen MR) is 124 cm³/mol. The quantitative estimate of drug-likeness (QED) is 0.370. The van der Waals surface area contributed by atoms with Crippen LogP contribution in [-0.2, 0) is 16.0 Å². The fraction of sp³-hybridized carbons (Fsp3) is 0.0417. The summed E-state index contributed by atoms with van der Waals surface area (Å²) in [7, 11) is 0. The van der Waals surface area contributed by atoms with Crippen molar-refractivity contribution in [1.82, 2.24) is 5.32 Å². The standard InChI is InChI=1S/C24H15BrClFN2O3/c25-17-10-9-14(11-15-5-1-3-7-20(15)27)16(12-17)13-18-22(30)28-24(32)29(23(18)31)21-8-4-2-6-19(21)26/h1-10,12-13H,11H2,(H,28,30,32)/b18-13+. The van der Waals surface area contributed by atoms with Crippen molar-refractivity contribution in [2.24, 2.45) is 0 Å². The van der Waals surface area contributed by atoms with Crippen LogP contribution in [0, 0.1) is 5.82 Å². The molecule has 4 rings (SSSR count). The molecule has 0 atom stereocenters. The lowest BCUT2D eigenvalue weighted by Gasteiger charge is -2.27. The Morgan fingerprint density at radius 2 is 1.69 bits per heavy atom. The molecule has 0 bridgehead atoms. The Morgan fingerprint density at radius 1 is 0.969 bits per heavy atom. The molecule has 1 heterocycles. The second kappa shape index (κ2) is 9.06. The van der Waals surface area contributed by atoms with Gasteiger partial charge in [-0.3, -0.25) is 14.9 Å². The minimum Gasteiger partial charge on any atom is -0.273 e. The molecule has 0 aliphatic carbocycles. The number of para-hydroxylation sites is 1. The highest BCUT2D eigenvalue weighted by molar-refractivity contribution is 9.10. The van der Waals surface area contributed by atoms with Crippen molar-refractivity contribution >= 4 is 57.1 Å². The van der Waals surface area contributed by atoms with E-state index in [9.17, 15) is 18.8 Å². The fourth-order valence-corrected chi connectivity index (χ4v) is 3.97. The molecule has 0 radical (unpaired) electrons. The lowest BCUT2D eigenvalue weighted by molar-refractivity contribution is -0.122. The van der Waals surface area contributed by atoms with Gasteiger partial charge in [-0.1, -0.05) is 63.9 Å². The number of urea groups is 1. The normalized spacial score (nSPS) is 15.3. The van der Waals surface area contributed by atoms with Gasteiger partial charge in [0.2, 0.25) is 0 Å². The number of nitrogens with zero attached hydrogens (tertiary/aromatic N) is 1. The molecule has 8 heteroatoms. The zero-order chi connectivity index (χ0) is 22.8. The molecule has 160 valence electrons. The summed E-state index contributed by atoms with van der Waals surface area (Å²) in [6.45, 7) is 0. The minimum atomic E-state index is -0.883. The third-order valence-corrected chi connectivity index (χ3v) is 5.75. The van der Waals surface area contributed by atoms with Crippen LogP contribution in [0.1, 0.15) is 16.7 Å². The van der Waals surface area contributed by atoms with Gasteiger partial charge in [0.25, 0.3) is 11.8 Å². The van der Waals surface area contributed by atoms with E-state index in [-0.39, 0.29) is 28.5 Å². The molecule has 0 unspecified atom stereocenters. The smallest absolute Gasteiger partial charge is 0.273 e. The number of amides is 4. The van der Waals surface area contributed by atoms with Gasteiger partial charge < -0.3 is 0 Å². The van der Waals surface area contributed by atoms with E-state index in [2.05, 4.69) is 21.2 Å². The number of benzene rings is 3. The summed E-state index contributed by atoms with van der Waals surface area (Å²) < 4.78 is 14.9. The Morgan fingerprint density at radius 3 is 2.44 bits per heavy atom. The molecule has 4 amide bonds. The van der Waals surface area contributed by atoms with E-state index in [1.807, 2.05) is 0 Å². The van der Waals surface area contributed by atoms with Crippen molar-refractivity contribution < 1.29 is 18.8 Å². The number of rotatable bonds is 4. The summed E-state index contributed by atoms with van der Waals surface area (Å²) in [6, 6.07) is 17.1. The first-order chi connectivity index (χ1) is 15.3. The number of halogens is 3. The molecule has 1 saturated heterocycles. The van der Waals surface area contributed by atoms with Crippen molar-refractivity contribution in [2.45, 2.75) is 6.42 Å². The first-order valence-corrected chi connectivity index (χ1v) is 10.7. The maximum atomic E-state index is 14.2. The second-order valence-electron chi connectivity index (χ2n) is 7.02. The van der Waals surface area contributed by atoms with E-state index in [1.54, 1.807) is 48.5 Å². The Labute approximate surface area is 196 Å². The Kier molecular flexibility index (Phi) is 6.21. The van der Waals surface area contributed by atoms with Crippen molar-refractivity contribution in [3.05, 3.63) is 104 Å². The van der Waals surface area contributed by atoms with Gasteiger partial charge in [0, 0.05) is 10.9 Å². The number of anilines is 1. The van der Waals surface area contributed by atoms with Crippen LogP contribution in [0.15, 0.2) is 76.8 Å². The van der Waals surface area contributed by atoms with Gasteiger partial charge in [0.1, 0.15) is 11.4 Å². The van der Waals surface area contributed by atoms with Crippen LogP contribution in [0.2, 0.25) is 5.02 Å². The Bertz CT molecular complexity index is 1290. The molecule has 32 heavy (non-hydrogen) atoms. The summed E-state index contributed by atoms with van der Waals surface area (Å²) in [6.07, 6.45) is 1.65. The maximum absolute atomic E-state index is 14.2. The third kappa shape index (κ3) is 4.35. The number of imide groups is 2. The van der Waals surface area contributed by atoms with Crippen LogP contribution in [0.5, 0.6) is 0 Å². The molecule has 1 fully saturated rings. The molecule has 1 aliphatic heterocycles. The van der Waals surface area contributed by atoms with Gasteiger partial charge >= 0.3 is 6.03 Å². The van der Waals surface area contributed by atoms with Crippen LogP contribution >= 0.6 is 27.5 Å². The van der Waals surface area contributed by atoms with Crippen LogP contribution in [0.25, 0.3) is 6.08 Å². The summed E-state index contributed by atoms with van der Waals surface area (Å²) in [4.78, 5) is 38.9. The molecule has 0 spiro atoms. The molecule has 1 aliphatic rings. The zero-order valence-corrected chi connectivity index (χ0v) is 18.8. The number of carbonyl (C=O) groups excluding carboxylic acids is 3. The molecular formula is C24H15BrClFN2O3. The largest absolute Gasteiger partial charge is 0.335 e. The SMILES string of the molecule is O=C1NC(=O)N(c2ccccc2Cl)C(=O)/C1=C/c1cc(Br)ccc1Cc1ccccc1F. The van der Waals surface area contributed by atoms with Gasteiger partial charge in [-0.2, -0.15) is 0 Å². The van der Waals surface area contributed by atoms with Crippen LogP contribution in [-0.4, -0.2) is 17.8 Å². The number of hydrogen-bond acceptors (Lipinski definition) is 3. The molecule has 5 nitrogen and oxygen atoms in total. The average molecular weight is 514 g/mol. The number of nitrogens with one attached hydrogen (secondary N) is 1. The highest BCUT2D eigenvalue weighted by Gasteiger charge is 2.37. The van der Waals surface area contributed by atoms with E-state index < -0.39 is 17.8 Å². The van der Waals surface area contributed by atoms with Crippen molar-refractivity contribution in [1.29, 1.82) is 0 Å². The fourth-order valence-electron chi connectivity index (χ4n) is 3.37. The number of carbonyl (C=O) groups is 3. The predicted octanol–water partition coefficient (Wildman–Crippen LogP) is 5.50. The van der Waals surface area contributed by atoms with Gasteiger partial charge in [-0.25, -0.2) is 14.1 Å². The average Bonchev–Trinajstić information content (AvgIpc) is 2.75. The lowest BCUT2D eigenvalue weighted by atomic mass is 9.97. The van der Waals surface area contributed by atoms with Crippen LogP contribution < -0.4 is 10.2 Å². The summed E-state index contributed by atoms with van der Waals surface area (Å²) in [5.74, 6) is -1.97. The highest BCUT2D eigenvalue weighted by atomic mass is 79.9. The topological polar surface area (TPSA) is 66.5 Å². The van der Waals surface area contributed by atoms with Gasteiger partial charge in [0.05, 0.1) is 10.7 Å². The van der Waals surface area contributed by atoms with E-state index in [4.69, 9.17) is 11.6 Å². The van der Waals surface area contributed by atoms with E-state index in [0.717, 1.165) is 4.90 Å². The van der Waals surface area contributed by atoms with Crippen molar-refractivity contribution in [2.75, 3.05) is 4.90 Å². The monoisotopic (exact) mass is 512 g/mol. The Balaban J connectivity index is 1.77. The Hall–Kier alpha value is -3.29. The van der Waals surface area contributed by atoms with Crippen molar-refractivity contribution in [3.63, 3.8) is 0 Å². The number of hydrogen-bond donors (Lipinski definition) is 1. The summed E-state index contributed by atoms with van der Waals surface area (Å²) in [5, 5.41) is 2.36. The first kappa shape index (κ1) is 21.9. The molecular weight excluding hydrogens is 499 g/mol. The zero-order valence-electron chi connectivity index (χ0n) is 16.4. The minimum absolute atomic E-state index is 0.163. The summed E-state index contributed by atoms with van der Waals surface area (Å²) >= 11 is 9.55. The van der Waals surface area contributed by atoms with Crippen molar-refractivity contribution in [3.8, 4) is 0 Å².